The smallest absolute Gasteiger partial charge is 0.333 e. The van der Waals surface area contributed by atoms with Gasteiger partial charge in [0.1, 0.15) is 0 Å². The van der Waals surface area contributed by atoms with Crippen LogP contribution in [-0.4, -0.2) is 22.1 Å². The van der Waals surface area contributed by atoms with Crippen LogP contribution in [0.15, 0.2) is 0 Å². The Labute approximate surface area is 46.2 Å². The molecule has 0 radical (unpaired) electrons. The van der Waals surface area contributed by atoms with Crippen molar-refractivity contribution in [3.63, 3.8) is 0 Å². The van der Waals surface area contributed by atoms with Crippen LogP contribution in [0.5, 0.6) is 0 Å². The molecule has 46 valence electrons. The standard InChI is InChI=1S/H2O4S.H2OS/c1-5(2,3)4;1-2/h(H2,1,2,3,4);1-2H. The predicted molar refractivity (Wildman–Crippen MR) is 25.8 cm³/mol. The van der Waals surface area contributed by atoms with Gasteiger partial charge in [-0.1, -0.05) is 0 Å². The third-order valence-electron chi connectivity index (χ3n) is 0. The molecule has 0 aromatic heterocycles. The van der Waals surface area contributed by atoms with E-state index in [0.717, 1.165) is 0 Å². The lowest BCUT2D eigenvalue weighted by atomic mass is 15.8. The predicted octanol–water partition coefficient (Wildman–Crippen LogP) is -0.264. The molecule has 0 bridgehead atoms. The summed E-state index contributed by atoms with van der Waals surface area (Å²) in [5.41, 5.74) is 0. The highest BCUT2D eigenvalue weighted by atomic mass is 32.3. The van der Waals surface area contributed by atoms with Crippen LogP contribution < -0.4 is 0 Å². The van der Waals surface area contributed by atoms with Gasteiger partial charge in [0.05, 0.1) is 0 Å². The molecule has 0 spiro atoms. The molecular formula is H4O5S2. The Kier molecular flexibility index (Phi) is 6.34. The van der Waals surface area contributed by atoms with E-state index in [1.807, 2.05) is 0 Å². The Balaban J connectivity index is 0. The van der Waals surface area contributed by atoms with Crippen molar-refractivity contribution in [3.8, 4) is 0 Å². The van der Waals surface area contributed by atoms with Crippen molar-refractivity contribution < 1.29 is 22.1 Å². The van der Waals surface area contributed by atoms with Crippen molar-refractivity contribution in [1.29, 1.82) is 0 Å². The summed E-state index contributed by atoms with van der Waals surface area (Å²) in [6.45, 7) is 0. The Bertz CT molecular complexity index is 89.2. The summed E-state index contributed by atoms with van der Waals surface area (Å²) in [4.78, 5) is 0. The summed E-state index contributed by atoms with van der Waals surface area (Å²) in [6, 6.07) is 0. The highest BCUT2D eigenvalue weighted by molar-refractivity contribution is 7.79. The van der Waals surface area contributed by atoms with Gasteiger partial charge < -0.3 is 4.55 Å². The molecule has 0 aliphatic carbocycles. The van der Waals surface area contributed by atoms with E-state index >= 15 is 0 Å². The monoisotopic (exact) mass is 148 g/mol. The first-order valence-electron chi connectivity index (χ1n) is 0.898. The molecule has 7 heavy (non-hydrogen) atoms. The van der Waals surface area contributed by atoms with Crippen LogP contribution in [0, 0.1) is 0 Å². The SMILES string of the molecule is O=S(=O)(O)O.OS. The summed E-state index contributed by atoms with van der Waals surface area (Å²) >= 11 is 2.53. The van der Waals surface area contributed by atoms with Gasteiger partial charge in [-0.2, -0.15) is 8.42 Å². The number of rotatable bonds is 0. The van der Waals surface area contributed by atoms with Crippen LogP contribution in [-0.2, 0) is 10.4 Å². The lowest BCUT2D eigenvalue weighted by Crippen LogP contribution is -1.89. The molecule has 0 unspecified atom stereocenters. The van der Waals surface area contributed by atoms with Crippen molar-refractivity contribution in [2.24, 2.45) is 0 Å². The van der Waals surface area contributed by atoms with Gasteiger partial charge in [0, 0.05) is 0 Å². The molecule has 0 aliphatic heterocycles. The highest BCUT2D eigenvalue weighted by Gasteiger charge is 1.84. The van der Waals surface area contributed by atoms with E-state index in [4.69, 9.17) is 22.1 Å². The molecule has 0 aromatic carbocycles. The maximum atomic E-state index is 8.74. The molecule has 7 heteroatoms. The van der Waals surface area contributed by atoms with E-state index in [-0.39, 0.29) is 0 Å². The fraction of sp³-hybridized carbons (Fsp3) is 0. The summed E-state index contributed by atoms with van der Waals surface area (Å²) in [7, 11) is -4.67. The molecule has 0 amide bonds. The minimum Gasteiger partial charge on any atom is -0.333 e. The maximum absolute atomic E-state index is 8.74. The quantitative estimate of drug-likeness (QED) is 0.215. The maximum Gasteiger partial charge on any atom is 0.394 e. The van der Waals surface area contributed by atoms with Crippen molar-refractivity contribution >= 4 is 23.3 Å². The average molecular weight is 148 g/mol. The van der Waals surface area contributed by atoms with E-state index in [9.17, 15) is 0 Å². The third-order valence-corrected chi connectivity index (χ3v) is 0. The van der Waals surface area contributed by atoms with Crippen molar-refractivity contribution in [3.05, 3.63) is 0 Å². The molecule has 5 nitrogen and oxygen atoms in total. The normalized spacial score (nSPS) is 9.14. The molecule has 0 rings (SSSR count). The van der Waals surface area contributed by atoms with Gasteiger partial charge in [0.15, 0.2) is 0 Å². The molecule has 0 aliphatic rings. The molecule has 0 saturated heterocycles. The first kappa shape index (κ1) is 10.2. The van der Waals surface area contributed by atoms with Gasteiger partial charge >= 0.3 is 10.4 Å². The Morgan fingerprint density at radius 3 is 1.14 bits per heavy atom. The van der Waals surface area contributed by atoms with Gasteiger partial charge in [-0.3, -0.25) is 9.11 Å². The first-order chi connectivity index (χ1) is 3.00. The molecule has 0 saturated carbocycles. The average Bonchev–Trinajstić information content (AvgIpc) is 1.36. The van der Waals surface area contributed by atoms with Crippen LogP contribution in [0.1, 0.15) is 0 Å². The topological polar surface area (TPSA) is 94.8 Å². The van der Waals surface area contributed by atoms with Crippen molar-refractivity contribution in [1.82, 2.24) is 0 Å². The minimum absolute atomic E-state index is 2.53. The van der Waals surface area contributed by atoms with Gasteiger partial charge in [-0.05, 0) is 12.9 Å². The fourth-order valence-corrected chi connectivity index (χ4v) is 0. The van der Waals surface area contributed by atoms with E-state index in [1.54, 1.807) is 0 Å². The van der Waals surface area contributed by atoms with E-state index < -0.39 is 10.4 Å². The fourth-order valence-electron chi connectivity index (χ4n) is 0. The molecular weight excluding hydrogens is 144 g/mol. The highest BCUT2D eigenvalue weighted by Crippen LogP contribution is 1.59. The van der Waals surface area contributed by atoms with Gasteiger partial charge in [0.25, 0.3) is 0 Å². The second kappa shape index (κ2) is 4.34. The summed E-state index contributed by atoms with van der Waals surface area (Å²) in [5.74, 6) is 0. The largest absolute Gasteiger partial charge is 0.394 e. The molecule has 0 aromatic rings. The van der Waals surface area contributed by atoms with Gasteiger partial charge in [-0.25, -0.2) is 0 Å². The lowest BCUT2D eigenvalue weighted by Gasteiger charge is -1.68. The van der Waals surface area contributed by atoms with Gasteiger partial charge in [-0.15, -0.1) is 0 Å². The van der Waals surface area contributed by atoms with E-state index in [1.165, 1.54) is 0 Å². The molecule has 0 atom stereocenters. The second-order valence-corrected chi connectivity index (χ2v) is 1.34. The Morgan fingerprint density at radius 2 is 1.14 bits per heavy atom. The number of hydrogen-bond donors (Lipinski definition) is 4. The number of hydrogen-bond acceptors (Lipinski definition) is 4. The molecule has 0 fully saturated rings. The lowest BCUT2D eigenvalue weighted by molar-refractivity contribution is 0.381. The Hall–Kier alpha value is 0.180. The summed E-state index contributed by atoms with van der Waals surface area (Å²) < 4.78 is 38.3. The van der Waals surface area contributed by atoms with Crippen LogP contribution in [0.4, 0.5) is 0 Å². The number of thiol groups is 1. The summed E-state index contributed by atoms with van der Waals surface area (Å²) in [6.07, 6.45) is 0. The third kappa shape index (κ3) is 3330. The van der Waals surface area contributed by atoms with Crippen LogP contribution in [0.25, 0.3) is 0 Å². The first-order valence-corrected chi connectivity index (χ1v) is 2.70. The minimum atomic E-state index is -4.67. The van der Waals surface area contributed by atoms with Crippen molar-refractivity contribution in [2.45, 2.75) is 0 Å². The van der Waals surface area contributed by atoms with Gasteiger partial charge in [0.2, 0.25) is 0 Å². The Morgan fingerprint density at radius 1 is 1.14 bits per heavy atom. The van der Waals surface area contributed by atoms with Crippen LogP contribution >= 0.6 is 12.9 Å². The molecule has 3 N–H and O–H groups in total. The zero-order valence-electron chi connectivity index (χ0n) is 3.01. The van der Waals surface area contributed by atoms with Crippen LogP contribution in [0.3, 0.4) is 0 Å². The van der Waals surface area contributed by atoms with Crippen molar-refractivity contribution in [2.75, 3.05) is 0 Å². The molecule has 0 heterocycles. The zero-order chi connectivity index (χ0) is 6.50. The van der Waals surface area contributed by atoms with E-state index in [2.05, 4.69) is 12.9 Å². The van der Waals surface area contributed by atoms with Crippen LogP contribution in [0.2, 0.25) is 0 Å². The summed E-state index contributed by atoms with van der Waals surface area (Å²) in [5, 5.41) is 0. The zero-order valence-corrected chi connectivity index (χ0v) is 4.72. The second-order valence-electron chi connectivity index (χ2n) is 0.448. The van der Waals surface area contributed by atoms with E-state index in [0.29, 0.717) is 0 Å².